The van der Waals surface area contributed by atoms with Gasteiger partial charge in [0.1, 0.15) is 5.69 Å². The summed E-state index contributed by atoms with van der Waals surface area (Å²) in [6, 6.07) is 7.94. The molecule has 2 heterocycles. The third-order valence-electron chi connectivity index (χ3n) is 2.08. The fourth-order valence-corrected chi connectivity index (χ4v) is 1.33. The fourth-order valence-electron chi connectivity index (χ4n) is 1.33. The van der Waals surface area contributed by atoms with Gasteiger partial charge in [0.2, 0.25) is 5.88 Å². The first kappa shape index (κ1) is 13.0. The molecule has 0 aliphatic carbocycles. The average molecular weight is 259 g/mol. The molecule has 0 fully saturated rings. The van der Waals surface area contributed by atoms with E-state index in [4.69, 9.17) is 0 Å². The van der Waals surface area contributed by atoms with Crippen molar-refractivity contribution in [1.29, 1.82) is 0 Å². The molecule has 0 spiro atoms. The van der Waals surface area contributed by atoms with Crippen LogP contribution in [-0.4, -0.2) is 16.6 Å². The molecule has 0 aromatic carbocycles. The maximum Gasteiger partial charge on any atom is 0.388 e. The number of pyridine rings is 2. The highest BCUT2D eigenvalue weighted by Crippen LogP contribution is 2.10. The van der Waals surface area contributed by atoms with Gasteiger partial charge in [0, 0.05) is 23.5 Å². The number of alkyl halides is 2. The van der Waals surface area contributed by atoms with Crippen LogP contribution in [0.25, 0.3) is 0 Å². The molecule has 0 atom stereocenters. The number of hydrogen-bond donors (Lipinski definition) is 0. The number of rotatable bonds is 2. The van der Waals surface area contributed by atoms with Crippen LogP contribution in [0.4, 0.5) is 8.78 Å². The topological polar surface area (TPSA) is 35.0 Å². The van der Waals surface area contributed by atoms with Gasteiger partial charge in [-0.05, 0) is 31.0 Å². The highest BCUT2D eigenvalue weighted by molar-refractivity contribution is 5.41. The van der Waals surface area contributed by atoms with Gasteiger partial charge in [0.05, 0.1) is 0 Å². The molecule has 1 radical (unpaired) electrons. The summed E-state index contributed by atoms with van der Waals surface area (Å²) in [5.74, 6) is 5.45. The lowest BCUT2D eigenvalue weighted by molar-refractivity contribution is -0.0528. The van der Waals surface area contributed by atoms with Crippen LogP contribution in [0, 0.1) is 18.8 Å². The van der Waals surface area contributed by atoms with Gasteiger partial charge in [-0.1, -0.05) is 12.0 Å². The molecule has 5 heteroatoms. The minimum absolute atomic E-state index is 0.158. The monoisotopic (exact) mass is 259 g/mol. The van der Waals surface area contributed by atoms with Crippen molar-refractivity contribution < 1.29 is 13.5 Å². The second kappa shape index (κ2) is 5.91. The third kappa shape index (κ3) is 4.03. The van der Waals surface area contributed by atoms with Crippen LogP contribution >= 0.6 is 0 Å². The summed E-state index contributed by atoms with van der Waals surface area (Å²) in [7, 11) is 0. The van der Waals surface area contributed by atoms with E-state index in [1.807, 2.05) is 0 Å². The van der Waals surface area contributed by atoms with E-state index in [2.05, 4.69) is 33.5 Å². The molecule has 19 heavy (non-hydrogen) atoms. The summed E-state index contributed by atoms with van der Waals surface area (Å²) in [5.41, 5.74) is 1.68. The Bertz CT molecular complexity index is 633. The summed E-state index contributed by atoms with van der Waals surface area (Å²) in [4.78, 5) is 7.79. The van der Waals surface area contributed by atoms with Crippen molar-refractivity contribution in [2.45, 2.75) is 6.61 Å². The molecular formula is C14H9F2N2O. The molecular weight excluding hydrogens is 250 g/mol. The number of ether oxygens (including phenoxy) is 1. The van der Waals surface area contributed by atoms with Gasteiger partial charge in [-0.3, -0.25) is 4.98 Å². The van der Waals surface area contributed by atoms with Crippen molar-refractivity contribution in [3.05, 3.63) is 60.4 Å². The van der Waals surface area contributed by atoms with Crippen LogP contribution < -0.4 is 4.74 Å². The van der Waals surface area contributed by atoms with Gasteiger partial charge in [0.25, 0.3) is 0 Å². The predicted molar refractivity (Wildman–Crippen MR) is 65.5 cm³/mol. The number of aromatic nitrogens is 2. The Morgan fingerprint density at radius 1 is 1.21 bits per heavy atom. The number of halogens is 2. The SMILES string of the molecule is [CH2]c1cc(C#Cc2cccc(OC(F)F)n2)ccn1. The minimum atomic E-state index is -2.90. The molecule has 2 aromatic rings. The summed E-state index contributed by atoms with van der Waals surface area (Å²) < 4.78 is 28.3. The molecule has 0 amide bonds. The molecule has 0 N–H and O–H groups in total. The Labute approximate surface area is 109 Å². The van der Waals surface area contributed by atoms with Crippen molar-refractivity contribution in [1.82, 2.24) is 9.97 Å². The number of hydrogen-bond acceptors (Lipinski definition) is 3. The van der Waals surface area contributed by atoms with E-state index in [9.17, 15) is 8.78 Å². The lowest BCUT2D eigenvalue weighted by Crippen LogP contribution is -2.03. The second-order valence-corrected chi connectivity index (χ2v) is 3.53. The van der Waals surface area contributed by atoms with Crippen molar-refractivity contribution >= 4 is 0 Å². The fraction of sp³-hybridized carbons (Fsp3) is 0.0714. The van der Waals surface area contributed by atoms with E-state index < -0.39 is 6.61 Å². The highest BCUT2D eigenvalue weighted by Gasteiger charge is 2.04. The second-order valence-electron chi connectivity index (χ2n) is 3.53. The van der Waals surface area contributed by atoms with Crippen molar-refractivity contribution in [3.8, 4) is 17.7 Å². The van der Waals surface area contributed by atoms with E-state index in [1.165, 1.54) is 6.07 Å². The normalized spacial score (nSPS) is 9.89. The molecule has 0 unspecified atom stereocenters. The lowest BCUT2D eigenvalue weighted by atomic mass is 10.2. The van der Waals surface area contributed by atoms with E-state index in [0.717, 1.165) is 5.56 Å². The molecule has 0 aliphatic rings. The van der Waals surface area contributed by atoms with E-state index >= 15 is 0 Å². The smallest absolute Gasteiger partial charge is 0.388 e. The lowest BCUT2D eigenvalue weighted by Gasteiger charge is -2.02. The summed E-state index contributed by atoms with van der Waals surface area (Å²) in [6.07, 6.45) is 1.59. The van der Waals surface area contributed by atoms with Gasteiger partial charge in [-0.25, -0.2) is 4.98 Å². The van der Waals surface area contributed by atoms with Gasteiger partial charge in [0.15, 0.2) is 0 Å². The first-order chi connectivity index (χ1) is 9.13. The van der Waals surface area contributed by atoms with Crippen LogP contribution in [0.15, 0.2) is 36.5 Å². The molecule has 0 bridgehead atoms. The van der Waals surface area contributed by atoms with Gasteiger partial charge in [-0.2, -0.15) is 8.78 Å². The molecule has 0 aliphatic heterocycles. The Morgan fingerprint density at radius 3 is 2.79 bits per heavy atom. The zero-order valence-corrected chi connectivity index (χ0v) is 9.81. The Hall–Kier alpha value is -2.48. The zero-order valence-electron chi connectivity index (χ0n) is 9.81. The van der Waals surface area contributed by atoms with Crippen molar-refractivity contribution in [3.63, 3.8) is 0 Å². The maximum atomic E-state index is 12.0. The Morgan fingerprint density at radius 2 is 2.05 bits per heavy atom. The van der Waals surface area contributed by atoms with Crippen LogP contribution in [0.2, 0.25) is 0 Å². The van der Waals surface area contributed by atoms with Gasteiger partial charge >= 0.3 is 6.61 Å². The maximum absolute atomic E-state index is 12.0. The predicted octanol–water partition coefficient (Wildman–Crippen LogP) is 2.66. The molecule has 0 saturated heterocycles. The quantitative estimate of drug-likeness (QED) is 0.778. The Balaban J connectivity index is 2.20. The van der Waals surface area contributed by atoms with E-state index in [1.54, 1.807) is 30.5 Å². The first-order valence-electron chi connectivity index (χ1n) is 5.35. The van der Waals surface area contributed by atoms with Crippen molar-refractivity contribution in [2.24, 2.45) is 0 Å². The van der Waals surface area contributed by atoms with Crippen LogP contribution in [0.3, 0.4) is 0 Å². The van der Waals surface area contributed by atoms with Crippen LogP contribution in [-0.2, 0) is 0 Å². The average Bonchev–Trinajstić information content (AvgIpc) is 2.36. The zero-order chi connectivity index (χ0) is 13.7. The van der Waals surface area contributed by atoms with Crippen LogP contribution in [0.1, 0.15) is 17.0 Å². The summed E-state index contributed by atoms with van der Waals surface area (Å²) >= 11 is 0. The minimum Gasteiger partial charge on any atom is -0.417 e. The molecule has 95 valence electrons. The van der Waals surface area contributed by atoms with Crippen molar-refractivity contribution in [2.75, 3.05) is 0 Å². The number of nitrogens with zero attached hydrogens (tertiary/aromatic N) is 2. The Kier molecular flexibility index (Phi) is 4.04. The summed E-state index contributed by atoms with van der Waals surface area (Å²) in [6.45, 7) is 0.787. The molecule has 2 rings (SSSR count). The first-order valence-corrected chi connectivity index (χ1v) is 5.35. The van der Waals surface area contributed by atoms with Gasteiger partial charge < -0.3 is 4.74 Å². The van der Waals surface area contributed by atoms with Crippen LogP contribution in [0.5, 0.6) is 5.88 Å². The third-order valence-corrected chi connectivity index (χ3v) is 2.08. The molecule has 3 nitrogen and oxygen atoms in total. The molecule has 2 aromatic heterocycles. The summed E-state index contributed by atoms with van der Waals surface area (Å²) in [5, 5.41) is 0. The van der Waals surface area contributed by atoms with Gasteiger partial charge in [-0.15, -0.1) is 0 Å². The van der Waals surface area contributed by atoms with E-state index in [0.29, 0.717) is 11.4 Å². The molecule has 0 saturated carbocycles. The largest absolute Gasteiger partial charge is 0.417 e. The standard InChI is InChI=1S/C14H9F2N2O/c1-10-9-11(7-8-17-10)5-6-12-3-2-4-13(18-12)19-14(15)16/h2-4,7-9,14H,1H2. The highest BCUT2D eigenvalue weighted by atomic mass is 19.3. The van der Waals surface area contributed by atoms with E-state index in [-0.39, 0.29) is 5.88 Å².